The standard InChI is InChI=1S/C25H21F3N4O4/c1-13(2)15-4-6-16(7-5-15)21(33)19-20(17-8-9-18(29-12-17)36-25(26,27)28)32(23(35)22(19)34)24-30-10-14(3)11-31-24/h4-13,20,33H,1-3H3. The van der Waals surface area contributed by atoms with Crippen LogP contribution in [0.5, 0.6) is 5.88 Å². The van der Waals surface area contributed by atoms with Gasteiger partial charge >= 0.3 is 12.3 Å². The summed E-state index contributed by atoms with van der Waals surface area (Å²) in [5.41, 5.74) is 1.87. The number of aliphatic hydroxyl groups is 1. The Bertz CT molecular complexity index is 1320. The number of aromatic nitrogens is 3. The highest BCUT2D eigenvalue weighted by molar-refractivity contribution is 6.51. The van der Waals surface area contributed by atoms with E-state index < -0.39 is 35.7 Å². The molecule has 1 amide bonds. The molecule has 1 saturated heterocycles. The van der Waals surface area contributed by atoms with Crippen LogP contribution in [-0.4, -0.2) is 38.1 Å². The molecule has 1 N–H and O–H groups in total. The Morgan fingerprint density at radius 2 is 1.64 bits per heavy atom. The van der Waals surface area contributed by atoms with Gasteiger partial charge in [-0.05, 0) is 35.6 Å². The number of anilines is 1. The van der Waals surface area contributed by atoms with Crippen LogP contribution in [0, 0.1) is 6.92 Å². The van der Waals surface area contributed by atoms with Crippen molar-refractivity contribution in [1.82, 2.24) is 15.0 Å². The van der Waals surface area contributed by atoms with Gasteiger partial charge in [0.05, 0.1) is 11.6 Å². The van der Waals surface area contributed by atoms with Gasteiger partial charge in [0.15, 0.2) is 0 Å². The van der Waals surface area contributed by atoms with Crippen LogP contribution in [0.15, 0.2) is 60.6 Å². The second-order valence-corrected chi connectivity index (χ2v) is 8.48. The fraction of sp³-hybridized carbons (Fsp3) is 0.240. The molecule has 8 nitrogen and oxygen atoms in total. The summed E-state index contributed by atoms with van der Waals surface area (Å²) in [6, 6.07) is 7.76. The number of alkyl halides is 3. The van der Waals surface area contributed by atoms with Gasteiger partial charge in [0.25, 0.3) is 5.78 Å². The molecule has 186 valence electrons. The number of ketones is 1. The second-order valence-electron chi connectivity index (χ2n) is 8.48. The maximum absolute atomic E-state index is 13.1. The number of Topliss-reactive ketones (excluding diaryl/α,β-unsaturated/α-hetero) is 1. The highest BCUT2D eigenvalue weighted by atomic mass is 19.4. The Morgan fingerprint density at radius 3 is 2.17 bits per heavy atom. The minimum Gasteiger partial charge on any atom is -0.507 e. The Morgan fingerprint density at radius 1 is 1.00 bits per heavy atom. The third kappa shape index (κ3) is 4.90. The van der Waals surface area contributed by atoms with Gasteiger partial charge in [-0.3, -0.25) is 14.5 Å². The normalized spacial score (nSPS) is 17.6. The van der Waals surface area contributed by atoms with Crippen LogP contribution in [0.3, 0.4) is 0 Å². The van der Waals surface area contributed by atoms with E-state index in [2.05, 4.69) is 19.7 Å². The predicted octanol–water partition coefficient (Wildman–Crippen LogP) is 4.83. The van der Waals surface area contributed by atoms with Gasteiger partial charge in [-0.15, -0.1) is 13.2 Å². The van der Waals surface area contributed by atoms with Crippen molar-refractivity contribution < 1.29 is 32.6 Å². The molecule has 1 unspecified atom stereocenters. The smallest absolute Gasteiger partial charge is 0.507 e. The molecule has 0 saturated carbocycles. The number of aliphatic hydroxyl groups excluding tert-OH is 1. The first-order valence-electron chi connectivity index (χ1n) is 10.9. The van der Waals surface area contributed by atoms with E-state index in [0.717, 1.165) is 22.7 Å². The molecule has 0 spiro atoms. The highest BCUT2D eigenvalue weighted by Crippen LogP contribution is 2.41. The predicted molar refractivity (Wildman–Crippen MR) is 123 cm³/mol. The second kappa shape index (κ2) is 9.40. The monoisotopic (exact) mass is 498 g/mol. The molecule has 0 radical (unpaired) electrons. The van der Waals surface area contributed by atoms with Gasteiger partial charge < -0.3 is 9.84 Å². The molecule has 36 heavy (non-hydrogen) atoms. The summed E-state index contributed by atoms with van der Waals surface area (Å²) < 4.78 is 41.6. The Kier molecular flexibility index (Phi) is 6.49. The number of hydrogen-bond donors (Lipinski definition) is 1. The summed E-state index contributed by atoms with van der Waals surface area (Å²) in [5.74, 6) is -3.05. The summed E-state index contributed by atoms with van der Waals surface area (Å²) in [7, 11) is 0. The van der Waals surface area contributed by atoms with Gasteiger partial charge in [-0.2, -0.15) is 0 Å². The van der Waals surface area contributed by atoms with Gasteiger partial charge in [0, 0.05) is 30.2 Å². The SMILES string of the molecule is Cc1cnc(N2C(=O)C(=O)C(=C(O)c3ccc(C(C)C)cc3)C2c2ccc(OC(F)(F)F)nc2)nc1. The van der Waals surface area contributed by atoms with Crippen LogP contribution >= 0.6 is 0 Å². The molecule has 4 rings (SSSR count). The van der Waals surface area contributed by atoms with Crippen LogP contribution < -0.4 is 9.64 Å². The quantitative estimate of drug-likeness (QED) is 0.305. The van der Waals surface area contributed by atoms with E-state index in [-0.39, 0.29) is 28.6 Å². The molecule has 11 heteroatoms. The van der Waals surface area contributed by atoms with Crippen LogP contribution in [0.25, 0.3) is 5.76 Å². The largest absolute Gasteiger partial charge is 0.574 e. The molecule has 1 atom stereocenters. The van der Waals surface area contributed by atoms with E-state index in [1.54, 1.807) is 31.2 Å². The van der Waals surface area contributed by atoms with Crippen LogP contribution in [-0.2, 0) is 9.59 Å². The maximum Gasteiger partial charge on any atom is 0.574 e. The van der Waals surface area contributed by atoms with E-state index in [1.165, 1.54) is 18.5 Å². The number of aryl methyl sites for hydroxylation is 1. The number of halogens is 3. The van der Waals surface area contributed by atoms with Crippen molar-refractivity contribution in [3.63, 3.8) is 0 Å². The molecular formula is C25H21F3N4O4. The van der Waals surface area contributed by atoms with Crippen molar-refractivity contribution in [1.29, 1.82) is 0 Å². The number of carbonyl (C=O) groups is 2. The lowest BCUT2D eigenvalue weighted by Gasteiger charge is -2.23. The number of amides is 1. The molecule has 0 bridgehead atoms. The first-order valence-corrected chi connectivity index (χ1v) is 10.9. The van der Waals surface area contributed by atoms with Crippen molar-refractivity contribution in [3.8, 4) is 5.88 Å². The van der Waals surface area contributed by atoms with Gasteiger partial charge in [-0.1, -0.05) is 38.1 Å². The zero-order valence-corrected chi connectivity index (χ0v) is 19.4. The van der Waals surface area contributed by atoms with E-state index in [1.807, 2.05) is 13.8 Å². The zero-order chi connectivity index (χ0) is 26.2. The summed E-state index contributed by atoms with van der Waals surface area (Å²) in [6.07, 6.45) is -1.02. The first-order chi connectivity index (χ1) is 17.0. The number of carbonyl (C=O) groups excluding carboxylic acids is 2. The fourth-order valence-corrected chi connectivity index (χ4v) is 3.78. The molecule has 1 aliphatic rings. The fourth-order valence-electron chi connectivity index (χ4n) is 3.78. The molecule has 1 aliphatic heterocycles. The van der Waals surface area contributed by atoms with Crippen LogP contribution in [0.4, 0.5) is 19.1 Å². The number of hydrogen-bond acceptors (Lipinski definition) is 7. The van der Waals surface area contributed by atoms with E-state index in [4.69, 9.17) is 0 Å². The van der Waals surface area contributed by atoms with Crippen molar-refractivity contribution in [2.45, 2.75) is 39.1 Å². The molecule has 1 fully saturated rings. The van der Waals surface area contributed by atoms with Crippen molar-refractivity contribution >= 4 is 23.4 Å². The van der Waals surface area contributed by atoms with E-state index in [9.17, 15) is 27.9 Å². The summed E-state index contributed by atoms with van der Waals surface area (Å²) in [6.45, 7) is 5.74. The average Bonchev–Trinajstić information content (AvgIpc) is 3.09. The van der Waals surface area contributed by atoms with Gasteiger partial charge in [-0.25, -0.2) is 15.0 Å². The summed E-state index contributed by atoms with van der Waals surface area (Å²) in [5, 5.41) is 11.1. The third-order valence-electron chi connectivity index (χ3n) is 5.57. The minimum absolute atomic E-state index is 0.113. The number of pyridine rings is 1. The van der Waals surface area contributed by atoms with E-state index in [0.29, 0.717) is 5.56 Å². The summed E-state index contributed by atoms with van der Waals surface area (Å²) in [4.78, 5) is 39.1. The molecule has 0 aliphatic carbocycles. The van der Waals surface area contributed by atoms with Crippen molar-refractivity contribution in [3.05, 3.63) is 82.8 Å². The molecule has 3 heterocycles. The van der Waals surface area contributed by atoms with Gasteiger partial charge in [0.2, 0.25) is 11.8 Å². The number of nitrogens with zero attached hydrogens (tertiary/aromatic N) is 4. The zero-order valence-electron chi connectivity index (χ0n) is 19.4. The van der Waals surface area contributed by atoms with Crippen LogP contribution in [0.1, 0.15) is 48.1 Å². The van der Waals surface area contributed by atoms with Gasteiger partial charge in [0.1, 0.15) is 5.76 Å². The first kappa shape index (κ1) is 24.8. The van der Waals surface area contributed by atoms with Crippen molar-refractivity contribution in [2.75, 3.05) is 4.90 Å². The summed E-state index contributed by atoms with van der Waals surface area (Å²) >= 11 is 0. The third-order valence-corrected chi connectivity index (χ3v) is 5.57. The molecule has 1 aromatic carbocycles. The Hall–Kier alpha value is -4.28. The molecular weight excluding hydrogens is 477 g/mol. The number of benzene rings is 1. The number of ether oxygens (including phenoxy) is 1. The Balaban J connectivity index is 1.85. The average molecular weight is 498 g/mol. The minimum atomic E-state index is -4.94. The highest BCUT2D eigenvalue weighted by Gasteiger charge is 2.48. The topological polar surface area (TPSA) is 106 Å². The lowest BCUT2D eigenvalue weighted by molar-refractivity contribution is -0.276. The lowest BCUT2D eigenvalue weighted by Crippen LogP contribution is -2.31. The number of rotatable bonds is 5. The molecule has 3 aromatic rings. The van der Waals surface area contributed by atoms with Crippen LogP contribution in [0.2, 0.25) is 0 Å². The van der Waals surface area contributed by atoms with Crippen molar-refractivity contribution in [2.24, 2.45) is 0 Å². The molecule has 2 aromatic heterocycles. The van der Waals surface area contributed by atoms with E-state index >= 15 is 0 Å². The lowest BCUT2D eigenvalue weighted by atomic mass is 9.95. The maximum atomic E-state index is 13.1. The Labute approximate surface area is 204 Å².